The van der Waals surface area contributed by atoms with Crippen LogP contribution < -0.4 is 10.6 Å². The molecule has 0 fully saturated rings. The second-order valence-electron chi connectivity index (χ2n) is 8.26. The van der Waals surface area contributed by atoms with Crippen LogP contribution in [0.5, 0.6) is 0 Å². The summed E-state index contributed by atoms with van der Waals surface area (Å²) in [6.07, 6.45) is 3.50. The number of hydrogen-bond acceptors (Lipinski definition) is 6. The molecular formula is C23H23N5O4. The Morgan fingerprint density at radius 1 is 1.06 bits per heavy atom. The Labute approximate surface area is 184 Å². The molecule has 4 aromatic rings. The molecule has 0 unspecified atom stereocenters. The number of fused-ring (bicyclic) bond motifs is 1. The van der Waals surface area contributed by atoms with Crippen LogP contribution in [-0.2, 0) is 10.2 Å². The van der Waals surface area contributed by atoms with Crippen LogP contribution in [0.15, 0.2) is 59.4 Å². The summed E-state index contributed by atoms with van der Waals surface area (Å²) in [6, 6.07) is 12.0. The van der Waals surface area contributed by atoms with E-state index in [9.17, 15) is 9.59 Å². The molecule has 2 amide bonds. The Kier molecular flexibility index (Phi) is 5.40. The molecule has 0 aliphatic rings. The van der Waals surface area contributed by atoms with Gasteiger partial charge in [0.05, 0.1) is 24.6 Å². The largest absolute Gasteiger partial charge is 0.465 e. The molecule has 1 aromatic carbocycles. The fourth-order valence-corrected chi connectivity index (χ4v) is 3.13. The SMILES string of the molecule is COC(=O)c1ccn2c(-c3ccc(NC(=O)Nc4cc(C(C)(C)C)on4)cc3)cnc2c1. The van der Waals surface area contributed by atoms with E-state index in [-0.39, 0.29) is 5.41 Å². The highest BCUT2D eigenvalue weighted by atomic mass is 16.5. The van der Waals surface area contributed by atoms with Crippen molar-refractivity contribution in [3.63, 3.8) is 0 Å². The lowest BCUT2D eigenvalue weighted by atomic mass is 9.93. The number of hydrogen-bond donors (Lipinski definition) is 2. The van der Waals surface area contributed by atoms with Crippen molar-refractivity contribution in [2.45, 2.75) is 26.2 Å². The average molecular weight is 433 g/mol. The summed E-state index contributed by atoms with van der Waals surface area (Å²) >= 11 is 0. The second kappa shape index (κ2) is 8.18. The van der Waals surface area contributed by atoms with Gasteiger partial charge in [0.2, 0.25) is 0 Å². The topological polar surface area (TPSA) is 111 Å². The minimum atomic E-state index is -0.420. The van der Waals surface area contributed by atoms with E-state index in [1.54, 1.807) is 42.7 Å². The summed E-state index contributed by atoms with van der Waals surface area (Å²) < 4.78 is 11.9. The minimum absolute atomic E-state index is 0.196. The number of anilines is 2. The van der Waals surface area contributed by atoms with E-state index < -0.39 is 12.0 Å². The molecule has 164 valence electrons. The Balaban J connectivity index is 1.45. The van der Waals surface area contributed by atoms with Gasteiger partial charge >= 0.3 is 12.0 Å². The molecule has 0 saturated heterocycles. The van der Waals surface area contributed by atoms with Gasteiger partial charge in [0.25, 0.3) is 0 Å². The zero-order chi connectivity index (χ0) is 22.9. The molecule has 0 bridgehead atoms. The zero-order valence-electron chi connectivity index (χ0n) is 18.2. The van der Waals surface area contributed by atoms with Gasteiger partial charge in [-0.1, -0.05) is 38.1 Å². The zero-order valence-corrected chi connectivity index (χ0v) is 18.2. The van der Waals surface area contributed by atoms with Gasteiger partial charge < -0.3 is 14.6 Å². The van der Waals surface area contributed by atoms with E-state index in [1.807, 2.05) is 37.3 Å². The van der Waals surface area contributed by atoms with Crippen molar-refractivity contribution in [1.29, 1.82) is 0 Å². The number of carbonyl (C=O) groups is 2. The van der Waals surface area contributed by atoms with Crippen molar-refractivity contribution >= 4 is 29.2 Å². The molecule has 0 spiro atoms. The highest BCUT2D eigenvalue weighted by Crippen LogP contribution is 2.25. The van der Waals surface area contributed by atoms with E-state index in [0.29, 0.717) is 28.5 Å². The molecule has 2 N–H and O–H groups in total. The number of esters is 1. The Morgan fingerprint density at radius 3 is 2.47 bits per heavy atom. The number of pyridine rings is 1. The van der Waals surface area contributed by atoms with E-state index >= 15 is 0 Å². The molecule has 0 aliphatic carbocycles. The molecule has 4 rings (SSSR count). The van der Waals surface area contributed by atoms with E-state index in [4.69, 9.17) is 9.26 Å². The number of aromatic nitrogens is 3. The first-order valence-electron chi connectivity index (χ1n) is 9.95. The van der Waals surface area contributed by atoms with Crippen molar-refractivity contribution in [2.24, 2.45) is 0 Å². The standard InChI is InChI=1S/C23H23N5O4/c1-23(2,3)18-12-19(27-32-18)26-22(30)25-16-7-5-14(6-8-16)17-13-24-20-11-15(21(29)31-4)9-10-28(17)20/h5-13H,1-4H3,(H2,25,26,27,30). The van der Waals surface area contributed by atoms with E-state index in [2.05, 4.69) is 20.8 Å². The van der Waals surface area contributed by atoms with Gasteiger partial charge in [-0.15, -0.1) is 0 Å². The van der Waals surface area contributed by atoms with Crippen LogP contribution in [0.2, 0.25) is 0 Å². The summed E-state index contributed by atoms with van der Waals surface area (Å²) in [6.45, 7) is 6.00. The number of rotatable bonds is 4. The third-order valence-electron chi connectivity index (χ3n) is 4.86. The highest BCUT2D eigenvalue weighted by molar-refractivity contribution is 5.99. The minimum Gasteiger partial charge on any atom is -0.465 e. The summed E-state index contributed by atoms with van der Waals surface area (Å²) in [7, 11) is 1.34. The van der Waals surface area contributed by atoms with Gasteiger partial charge in [-0.25, -0.2) is 14.6 Å². The lowest BCUT2D eigenvalue weighted by Gasteiger charge is -2.12. The normalized spacial score (nSPS) is 11.4. The number of amides is 2. The van der Waals surface area contributed by atoms with Crippen LogP contribution in [0.25, 0.3) is 16.9 Å². The van der Waals surface area contributed by atoms with Gasteiger partial charge in [0, 0.05) is 28.9 Å². The molecular weight excluding hydrogens is 410 g/mol. The molecule has 9 nitrogen and oxygen atoms in total. The smallest absolute Gasteiger partial charge is 0.338 e. The highest BCUT2D eigenvalue weighted by Gasteiger charge is 2.20. The van der Waals surface area contributed by atoms with E-state index in [0.717, 1.165) is 11.3 Å². The predicted molar refractivity (Wildman–Crippen MR) is 120 cm³/mol. The quantitative estimate of drug-likeness (QED) is 0.451. The molecule has 9 heteroatoms. The van der Waals surface area contributed by atoms with Crippen LogP contribution >= 0.6 is 0 Å². The van der Waals surface area contributed by atoms with Crippen molar-refractivity contribution in [3.8, 4) is 11.3 Å². The number of methoxy groups -OCH3 is 1. The maximum Gasteiger partial charge on any atom is 0.338 e. The third kappa shape index (κ3) is 4.31. The third-order valence-corrected chi connectivity index (χ3v) is 4.86. The second-order valence-corrected chi connectivity index (χ2v) is 8.26. The first kappa shape index (κ1) is 21.1. The molecule has 32 heavy (non-hydrogen) atoms. The Morgan fingerprint density at radius 2 is 1.81 bits per heavy atom. The number of urea groups is 1. The van der Waals surface area contributed by atoms with Crippen LogP contribution in [0.4, 0.5) is 16.3 Å². The molecule has 0 aliphatic heterocycles. The lowest BCUT2D eigenvalue weighted by Crippen LogP contribution is -2.19. The molecule has 0 saturated carbocycles. The van der Waals surface area contributed by atoms with Gasteiger partial charge in [0.15, 0.2) is 5.82 Å². The number of ether oxygens (including phenoxy) is 1. The fourth-order valence-electron chi connectivity index (χ4n) is 3.13. The van der Waals surface area contributed by atoms with Crippen LogP contribution in [0.3, 0.4) is 0 Å². The summed E-state index contributed by atoms with van der Waals surface area (Å²) in [5.74, 6) is 0.621. The Hall–Kier alpha value is -4.14. The number of benzene rings is 1. The number of nitrogens with one attached hydrogen (secondary N) is 2. The van der Waals surface area contributed by atoms with Gasteiger partial charge in [-0.3, -0.25) is 9.72 Å². The summed E-state index contributed by atoms with van der Waals surface area (Å²) in [4.78, 5) is 28.4. The number of nitrogens with zero attached hydrogens (tertiary/aromatic N) is 3. The number of imidazole rings is 1. The number of carbonyl (C=O) groups excluding carboxylic acids is 2. The molecule has 3 heterocycles. The summed E-state index contributed by atoms with van der Waals surface area (Å²) in [5, 5.41) is 9.31. The van der Waals surface area contributed by atoms with Crippen LogP contribution in [0.1, 0.15) is 36.9 Å². The maximum absolute atomic E-state index is 12.3. The molecule has 3 aromatic heterocycles. The van der Waals surface area contributed by atoms with Gasteiger partial charge in [-0.2, -0.15) is 0 Å². The fraction of sp³-hybridized carbons (Fsp3) is 0.217. The van der Waals surface area contributed by atoms with Crippen molar-refractivity contribution in [1.82, 2.24) is 14.5 Å². The lowest BCUT2D eigenvalue weighted by molar-refractivity contribution is 0.0600. The van der Waals surface area contributed by atoms with Crippen molar-refractivity contribution in [3.05, 3.63) is 66.2 Å². The predicted octanol–water partition coefficient (Wildman–Crippen LogP) is 4.72. The first-order chi connectivity index (χ1) is 15.2. The van der Waals surface area contributed by atoms with Crippen molar-refractivity contribution in [2.75, 3.05) is 17.7 Å². The molecule has 0 radical (unpaired) electrons. The Bertz CT molecular complexity index is 1280. The van der Waals surface area contributed by atoms with Crippen LogP contribution in [-0.4, -0.2) is 33.7 Å². The molecule has 0 atom stereocenters. The van der Waals surface area contributed by atoms with Crippen LogP contribution in [0, 0.1) is 0 Å². The van der Waals surface area contributed by atoms with Gasteiger partial charge in [0.1, 0.15) is 11.4 Å². The van der Waals surface area contributed by atoms with E-state index in [1.165, 1.54) is 7.11 Å². The maximum atomic E-state index is 12.3. The van der Waals surface area contributed by atoms with Crippen molar-refractivity contribution < 1.29 is 18.8 Å². The summed E-state index contributed by atoms with van der Waals surface area (Å²) in [5.41, 5.74) is 3.24. The van der Waals surface area contributed by atoms with Gasteiger partial charge in [-0.05, 0) is 24.3 Å². The monoisotopic (exact) mass is 433 g/mol. The average Bonchev–Trinajstić information content (AvgIpc) is 3.40. The first-order valence-corrected chi connectivity index (χ1v) is 9.95.